The summed E-state index contributed by atoms with van der Waals surface area (Å²) in [4.78, 5) is 17.2. The topological polar surface area (TPSA) is 68.5 Å². The highest BCUT2D eigenvalue weighted by atomic mass is 19.4. The quantitative estimate of drug-likeness (QED) is 0.849. The van der Waals surface area contributed by atoms with Crippen molar-refractivity contribution >= 4 is 6.09 Å². The maximum atomic E-state index is 13.5. The molecule has 1 amide bonds. The van der Waals surface area contributed by atoms with Crippen molar-refractivity contribution in [3.05, 3.63) is 29.3 Å². The zero-order valence-corrected chi connectivity index (χ0v) is 13.6. The first-order valence-electron chi connectivity index (χ1n) is 7.28. The number of halogens is 4. The van der Waals surface area contributed by atoms with Gasteiger partial charge >= 0.3 is 12.3 Å². The maximum Gasteiger partial charge on any atom is 0.419 e. The Balaban J connectivity index is 2.47. The van der Waals surface area contributed by atoms with Crippen LogP contribution in [0.3, 0.4) is 0 Å². The van der Waals surface area contributed by atoms with Gasteiger partial charge in [0.25, 0.3) is 0 Å². The number of carbonyl (C=O) groups excluding carboxylic acids is 1. The summed E-state index contributed by atoms with van der Waals surface area (Å²) in [7, 11) is 1.17. The molecule has 1 fully saturated rings. The molecule has 2 rings (SSSR count). The standard InChI is InChI=1S/C15H19F4N3O2/c1-13(2,20)8-22(12(23)24-3)14(4-5-14)11-6-9(15(17,18)19)10(16)7-21-11/h6-7H,4-5,8,20H2,1-3H3. The molecule has 1 aromatic heterocycles. The minimum atomic E-state index is -4.85. The third-order valence-electron chi connectivity index (χ3n) is 3.84. The first-order chi connectivity index (χ1) is 10.9. The minimum absolute atomic E-state index is 0.0223. The van der Waals surface area contributed by atoms with Gasteiger partial charge in [0.2, 0.25) is 0 Å². The van der Waals surface area contributed by atoms with Crippen LogP contribution in [0.1, 0.15) is 37.9 Å². The number of hydrogen-bond acceptors (Lipinski definition) is 4. The van der Waals surface area contributed by atoms with Gasteiger partial charge in [-0.25, -0.2) is 9.18 Å². The average molecular weight is 349 g/mol. The Hall–Kier alpha value is -1.90. The summed E-state index contributed by atoms with van der Waals surface area (Å²) in [6, 6.07) is 0.655. The molecule has 9 heteroatoms. The lowest BCUT2D eigenvalue weighted by Crippen LogP contribution is -2.52. The van der Waals surface area contributed by atoms with Gasteiger partial charge < -0.3 is 10.5 Å². The van der Waals surface area contributed by atoms with Crippen LogP contribution in [0.25, 0.3) is 0 Å². The highest BCUT2D eigenvalue weighted by molar-refractivity contribution is 5.70. The van der Waals surface area contributed by atoms with E-state index >= 15 is 0 Å². The number of amides is 1. The number of methoxy groups -OCH3 is 1. The van der Waals surface area contributed by atoms with E-state index in [1.54, 1.807) is 13.8 Å². The van der Waals surface area contributed by atoms with Crippen molar-refractivity contribution < 1.29 is 27.1 Å². The molecule has 1 heterocycles. The van der Waals surface area contributed by atoms with Gasteiger partial charge in [0.15, 0.2) is 5.82 Å². The molecule has 5 nitrogen and oxygen atoms in total. The van der Waals surface area contributed by atoms with E-state index in [0.29, 0.717) is 25.1 Å². The first kappa shape index (κ1) is 18.4. The number of alkyl halides is 3. The predicted octanol–water partition coefficient (Wildman–Crippen LogP) is 3.03. The van der Waals surface area contributed by atoms with Gasteiger partial charge in [-0.15, -0.1) is 0 Å². The zero-order chi connectivity index (χ0) is 18.3. The summed E-state index contributed by atoms with van der Waals surface area (Å²) in [6.45, 7) is 3.41. The highest BCUT2D eigenvalue weighted by Crippen LogP contribution is 2.51. The van der Waals surface area contributed by atoms with E-state index in [2.05, 4.69) is 4.98 Å². The van der Waals surface area contributed by atoms with Gasteiger partial charge in [0, 0.05) is 12.1 Å². The van der Waals surface area contributed by atoms with Gasteiger partial charge in [-0.05, 0) is 32.8 Å². The summed E-state index contributed by atoms with van der Waals surface area (Å²) in [6.07, 6.45) is -4.24. The molecule has 0 aliphatic heterocycles. The summed E-state index contributed by atoms with van der Waals surface area (Å²) < 4.78 is 57.0. The SMILES string of the molecule is COC(=O)N(CC(C)(C)N)C1(c2cc(C(F)(F)F)c(F)cn2)CC1. The third-order valence-corrected chi connectivity index (χ3v) is 3.84. The molecule has 0 spiro atoms. The molecule has 1 aromatic rings. The number of rotatable bonds is 4. The van der Waals surface area contributed by atoms with Gasteiger partial charge in [-0.1, -0.05) is 0 Å². The maximum absolute atomic E-state index is 13.5. The van der Waals surface area contributed by atoms with E-state index in [4.69, 9.17) is 10.5 Å². The molecule has 0 unspecified atom stereocenters. The minimum Gasteiger partial charge on any atom is -0.453 e. The van der Waals surface area contributed by atoms with Crippen molar-refractivity contribution in [2.24, 2.45) is 5.73 Å². The fourth-order valence-electron chi connectivity index (χ4n) is 2.60. The van der Waals surface area contributed by atoms with E-state index < -0.39 is 34.7 Å². The molecule has 0 radical (unpaired) electrons. The van der Waals surface area contributed by atoms with Crippen LogP contribution in [0.15, 0.2) is 12.3 Å². The summed E-state index contributed by atoms with van der Waals surface area (Å²) in [5.74, 6) is -1.45. The smallest absolute Gasteiger partial charge is 0.419 e. The lowest BCUT2D eigenvalue weighted by Gasteiger charge is -2.35. The number of nitrogens with two attached hydrogens (primary N) is 1. The molecular weight excluding hydrogens is 330 g/mol. The molecule has 0 saturated heterocycles. The van der Waals surface area contributed by atoms with Crippen molar-refractivity contribution in [2.45, 2.75) is 43.9 Å². The Labute approximate surface area is 136 Å². The molecule has 0 atom stereocenters. The summed E-state index contributed by atoms with van der Waals surface area (Å²) in [5, 5.41) is 0. The number of aromatic nitrogens is 1. The Morgan fingerprint density at radius 1 is 1.42 bits per heavy atom. The van der Waals surface area contributed by atoms with Crippen LogP contribution in [-0.2, 0) is 16.5 Å². The molecule has 0 aromatic carbocycles. The normalized spacial score (nSPS) is 16.7. The van der Waals surface area contributed by atoms with E-state index in [1.165, 1.54) is 12.0 Å². The summed E-state index contributed by atoms with van der Waals surface area (Å²) >= 11 is 0. The number of pyridine rings is 1. The van der Waals surface area contributed by atoms with Crippen molar-refractivity contribution in [3.8, 4) is 0 Å². The highest BCUT2D eigenvalue weighted by Gasteiger charge is 2.55. The van der Waals surface area contributed by atoms with Crippen LogP contribution in [-0.4, -0.2) is 35.2 Å². The lowest BCUT2D eigenvalue weighted by molar-refractivity contribution is -0.140. The number of ether oxygens (including phenoxy) is 1. The lowest BCUT2D eigenvalue weighted by atomic mass is 10.0. The second kappa shape index (κ2) is 5.87. The fourth-order valence-corrected chi connectivity index (χ4v) is 2.60. The number of carbonyl (C=O) groups is 1. The van der Waals surface area contributed by atoms with Crippen molar-refractivity contribution in [1.29, 1.82) is 0 Å². The Bertz CT molecular complexity index is 637. The molecule has 134 valence electrons. The molecule has 1 saturated carbocycles. The van der Waals surface area contributed by atoms with Crippen molar-refractivity contribution in [1.82, 2.24) is 9.88 Å². The van der Waals surface area contributed by atoms with Crippen LogP contribution < -0.4 is 5.73 Å². The predicted molar refractivity (Wildman–Crippen MR) is 77.5 cm³/mol. The Kier molecular flexibility index (Phi) is 4.51. The summed E-state index contributed by atoms with van der Waals surface area (Å²) in [5.41, 5.74) is 2.66. The molecule has 2 N–H and O–H groups in total. The molecule has 0 bridgehead atoms. The monoisotopic (exact) mass is 349 g/mol. The van der Waals surface area contributed by atoms with Gasteiger partial charge in [0.1, 0.15) is 0 Å². The second-order valence-corrected chi connectivity index (χ2v) is 6.62. The van der Waals surface area contributed by atoms with Crippen LogP contribution in [0.5, 0.6) is 0 Å². The number of nitrogens with zero attached hydrogens (tertiary/aromatic N) is 2. The Morgan fingerprint density at radius 3 is 2.42 bits per heavy atom. The van der Waals surface area contributed by atoms with Gasteiger partial charge in [-0.2, -0.15) is 13.2 Å². The number of hydrogen-bond donors (Lipinski definition) is 1. The molecule has 1 aliphatic carbocycles. The zero-order valence-electron chi connectivity index (χ0n) is 13.6. The average Bonchev–Trinajstić information content (AvgIpc) is 3.23. The van der Waals surface area contributed by atoms with Crippen LogP contribution in [0.2, 0.25) is 0 Å². The fraction of sp³-hybridized carbons (Fsp3) is 0.600. The first-order valence-corrected chi connectivity index (χ1v) is 7.28. The van der Waals surface area contributed by atoms with Crippen LogP contribution >= 0.6 is 0 Å². The van der Waals surface area contributed by atoms with Gasteiger partial charge in [0.05, 0.1) is 30.1 Å². The largest absolute Gasteiger partial charge is 0.453 e. The second-order valence-electron chi connectivity index (χ2n) is 6.62. The van der Waals surface area contributed by atoms with E-state index in [1.807, 2.05) is 0 Å². The molecular formula is C15H19F4N3O2. The van der Waals surface area contributed by atoms with Crippen molar-refractivity contribution in [2.75, 3.05) is 13.7 Å². The van der Waals surface area contributed by atoms with E-state index in [9.17, 15) is 22.4 Å². The van der Waals surface area contributed by atoms with Gasteiger partial charge in [-0.3, -0.25) is 9.88 Å². The van der Waals surface area contributed by atoms with Crippen LogP contribution in [0.4, 0.5) is 22.4 Å². The molecule has 24 heavy (non-hydrogen) atoms. The molecule has 1 aliphatic rings. The Morgan fingerprint density at radius 2 is 2.00 bits per heavy atom. The van der Waals surface area contributed by atoms with Crippen LogP contribution in [0, 0.1) is 5.82 Å². The van der Waals surface area contributed by atoms with E-state index in [-0.39, 0.29) is 12.2 Å². The van der Waals surface area contributed by atoms with E-state index in [0.717, 1.165) is 0 Å². The van der Waals surface area contributed by atoms with Crippen molar-refractivity contribution in [3.63, 3.8) is 0 Å². The third kappa shape index (κ3) is 3.61.